The first-order valence-electron chi connectivity index (χ1n) is 11.8. The van der Waals surface area contributed by atoms with E-state index < -0.39 is 6.04 Å². The van der Waals surface area contributed by atoms with Gasteiger partial charge >= 0.3 is 0 Å². The van der Waals surface area contributed by atoms with Gasteiger partial charge in [-0.2, -0.15) is 0 Å². The molecule has 0 aliphatic heterocycles. The minimum atomic E-state index is -0.893. The fourth-order valence-corrected chi connectivity index (χ4v) is 5.62. The number of carbonyl (C=O) groups is 2. The van der Waals surface area contributed by atoms with Crippen LogP contribution >= 0.6 is 22.9 Å². The van der Waals surface area contributed by atoms with E-state index in [1.54, 1.807) is 48.4 Å². The molecular formula is C27H30ClN3O3S. The van der Waals surface area contributed by atoms with Crippen LogP contribution in [0, 0.1) is 13.8 Å². The second-order valence-electron chi connectivity index (χ2n) is 8.82. The number of nitrogens with one attached hydrogen (secondary N) is 1. The molecule has 0 spiro atoms. The average Bonchev–Trinajstić information content (AvgIpc) is 3.20. The highest BCUT2D eigenvalue weighted by molar-refractivity contribution is 7.13. The Morgan fingerprint density at radius 1 is 1.11 bits per heavy atom. The van der Waals surface area contributed by atoms with Crippen LogP contribution in [0.25, 0.3) is 0 Å². The molecule has 2 amide bonds. The van der Waals surface area contributed by atoms with Crippen LogP contribution in [0.1, 0.15) is 64.1 Å². The number of rotatable bonds is 7. The van der Waals surface area contributed by atoms with Gasteiger partial charge in [0.2, 0.25) is 5.91 Å². The molecule has 184 valence electrons. The minimum Gasteiger partial charge on any atom is -0.497 e. The summed E-state index contributed by atoms with van der Waals surface area (Å²) in [5.74, 6) is 0.180. The molecule has 0 radical (unpaired) electrons. The van der Waals surface area contributed by atoms with Gasteiger partial charge in [0.05, 0.1) is 17.8 Å². The summed E-state index contributed by atoms with van der Waals surface area (Å²) in [5, 5.41) is 4.51. The number of methoxy groups -OCH3 is 1. The third-order valence-electron chi connectivity index (χ3n) is 6.29. The number of hydrogen-bond acceptors (Lipinski definition) is 5. The molecule has 1 aliphatic rings. The zero-order valence-corrected chi connectivity index (χ0v) is 21.8. The minimum absolute atomic E-state index is 0.0979. The second kappa shape index (κ2) is 11.2. The molecule has 8 heteroatoms. The number of aromatic nitrogens is 1. The fourth-order valence-electron chi connectivity index (χ4n) is 4.58. The van der Waals surface area contributed by atoms with Crippen LogP contribution in [-0.2, 0) is 4.79 Å². The van der Waals surface area contributed by atoms with Gasteiger partial charge in [0, 0.05) is 16.8 Å². The van der Waals surface area contributed by atoms with Crippen molar-refractivity contribution < 1.29 is 14.3 Å². The largest absolute Gasteiger partial charge is 0.497 e. The normalized spacial score (nSPS) is 14.9. The lowest BCUT2D eigenvalue weighted by Gasteiger charge is -2.33. The van der Waals surface area contributed by atoms with E-state index in [9.17, 15) is 9.59 Å². The molecule has 1 aliphatic carbocycles. The van der Waals surface area contributed by atoms with E-state index in [1.807, 2.05) is 26.0 Å². The van der Waals surface area contributed by atoms with E-state index >= 15 is 0 Å². The molecule has 4 rings (SSSR count). The molecule has 3 aromatic rings. The summed E-state index contributed by atoms with van der Waals surface area (Å²) in [6.45, 7) is 3.69. The van der Waals surface area contributed by atoms with E-state index in [0.717, 1.165) is 30.7 Å². The topological polar surface area (TPSA) is 71.5 Å². The number of ether oxygens (including phenoxy) is 1. The molecule has 0 bridgehead atoms. The molecule has 0 saturated heterocycles. The van der Waals surface area contributed by atoms with Crippen molar-refractivity contribution in [2.45, 2.75) is 58.0 Å². The predicted octanol–water partition coefficient (Wildman–Crippen LogP) is 6.26. The first kappa shape index (κ1) is 25.2. The smallest absolute Gasteiger partial charge is 0.271 e. The maximum Gasteiger partial charge on any atom is 0.271 e. The van der Waals surface area contributed by atoms with Crippen molar-refractivity contribution in [2.75, 3.05) is 12.0 Å². The van der Waals surface area contributed by atoms with Crippen molar-refractivity contribution in [1.82, 2.24) is 10.3 Å². The van der Waals surface area contributed by atoms with Crippen LogP contribution in [0.4, 0.5) is 5.69 Å². The molecule has 1 heterocycles. The first-order chi connectivity index (χ1) is 16.9. The van der Waals surface area contributed by atoms with Gasteiger partial charge in [-0.15, -0.1) is 11.3 Å². The number of aryl methyl sites for hydroxylation is 2. The molecule has 1 atom stereocenters. The Hall–Kier alpha value is -2.90. The number of benzene rings is 2. The molecule has 1 aromatic heterocycles. The summed E-state index contributed by atoms with van der Waals surface area (Å²) >= 11 is 7.66. The van der Waals surface area contributed by atoms with Crippen LogP contribution in [0.15, 0.2) is 48.5 Å². The fraction of sp³-hybridized carbons (Fsp3) is 0.370. The zero-order valence-electron chi connectivity index (χ0n) is 20.2. The monoisotopic (exact) mass is 511 g/mol. The summed E-state index contributed by atoms with van der Waals surface area (Å²) in [7, 11) is 1.60. The third-order valence-corrected chi connectivity index (χ3v) is 7.59. The lowest BCUT2D eigenvalue weighted by atomic mass is 9.94. The van der Waals surface area contributed by atoms with Gasteiger partial charge in [-0.25, -0.2) is 4.98 Å². The van der Waals surface area contributed by atoms with Crippen molar-refractivity contribution in [1.29, 1.82) is 0 Å². The van der Waals surface area contributed by atoms with Crippen LogP contribution in [0.3, 0.4) is 0 Å². The molecule has 0 unspecified atom stereocenters. The summed E-state index contributed by atoms with van der Waals surface area (Å²) in [6.07, 6.45) is 5.26. The Morgan fingerprint density at radius 2 is 1.83 bits per heavy atom. The lowest BCUT2D eigenvalue weighted by Crippen LogP contribution is -2.47. The van der Waals surface area contributed by atoms with E-state index in [4.69, 9.17) is 16.3 Å². The van der Waals surface area contributed by atoms with Gasteiger partial charge in [0.15, 0.2) is 0 Å². The second-order valence-corrected chi connectivity index (χ2v) is 10.5. The average molecular weight is 512 g/mol. The molecule has 1 fully saturated rings. The number of nitrogens with zero attached hydrogens (tertiary/aromatic N) is 2. The summed E-state index contributed by atoms with van der Waals surface area (Å²) in [6, 6.07) is 13.5. The Kier molecular flexibility index (Phi) is 8.08. The van der Waals surface area contributed by atoms with Crippen LogP contribution in [0.5, 0.6) is 5.75 Å². The Morgan fingerprint density at radius 3 is 2.43 bits per heavy atom. The van der Waals surface area contributed by atoms with Crippen LogP contribution < -0.4 is 15.0 Å². The first-order valence-corrected chi connectivity index (χ1v) is 13.0. The van der Waals surface area contributed by atoms with Crippen molar-refractivity contribution in [2.24, 2.45) is 0 Å². The van der Waals surface area contributed by atoms with E-state index in [2.05, 4.69) is 10.3 Å². The maximum absolute atomic E-state index is 14.1. The van der Waals surface area contributed by atoms with Gasteiger partial charge in [-0.3, -0.25) is 14.5 Å². The molecule has 1 saturated carbocycles. The predicted molar refractivity (Wildman–Crippen MR) is 141 cm³/mol. The Labute approximate surface area is 215 Å². The number of halogens is 1. The summed E-state index contributed by atoms with van der Waals surface area (Å²) in [4.78, 5) is 34.5. The molecule has 2 aromatic carbocycles. The Balaban J connectivity index is 1.82. The van der Waals surface area contributed by atoms with E-state index in [-0.39, 0.29) is 17.9 Å². The standard InChI is InChI=1S/C27H30ClN3O3S/c1-17-25(35-18(2)29-17)27(33)31(22-11-7-8-20(28)16-22)24(19-12-14-23(34-3)15-13-19)26(32)30-21-9-5-4-6-10-21/h7-8,11-16,21,24H,4-6,9-10H2,1-3H3,(H,30,32)/t24-/m1/s1. The summed E-state index contributed by atoms with van der Waals surface area (Å²) < 4.78 is 5.32. The van der Waals surface area contributed by atoms with Crippen LogP contribution in [-0.4, -0.2) is 29.9 Å². The molecule has 35 heavy (non-hydrogen) atoms. The number of anilines is 1. The lowest BCUT2D eigenvalue weighted by molar-refractivity contribution is -0.123. The van der Waals surface area contributed by atoms with Gasteiger partial charge in [0.1, 0.15) is 16.7 Å². The third kappa shape index (κ3) is 5.85. The number of hydrogen-bond donors (Lipinski definition) is 1. The van der Waals surface area contributed by atoms with E-state index in [1.165, 1.54) is 17.8 Å². The quantitative estimate of drug-likeness (QED) is 0.406. The zero-order chi connectivity index (χ0) is 24.9. The SMILES string of the molecule is COc1ccc([C@H](C(=O)NC2CCCCC2)N(C(=O)c2sc(C)nc2C)c2cccc(Cl)c2)cc1. The van der Waals surface area contributed by atoms with Crippen molar-refractivity contribution in [3.63, 3.8) is 0 Å². The van der Waals surface area contributed by atoms with Gasteiger partial charge in [-0.1, -0.05) is 49.1 Å². The molecule has 6 nitrogen and oxygen atoms in total. The molecule has 1 N–H and O–H groups in total. The van der Waals surface area contributed by atoms with Gasteiger partial charge < -0.3 is 10.1 Å². The highest BCUT2D eigenvalue weighted by Crippen LogP contribution is 2.34. The van der Waals surface area contributed by atoms with Gasteiger partial charge in [-0.05, 0) is 62.6 Å². The van der Waals surface area contributed by atoms with Crippen LogP contribution in [0.2, 0.25) is 5.02 Å². The highest BCUT2D eigenvalue weighted by Gasteiger charge is 2.36. The highest BCUT2D eigenvalue weighted by atomic mass is 35.5. The summed E-state index contributed by atoms with van der Waals surface area (Å²) in [5.41, 5.74) is 1.88. The number of thiazole rings is 1. The maximum atomic E-state index is 14.1. The van der Waals surface area contributed by atoms with Crippen molar-refractivity contribution in [3.8, 4) is 5.75 Å². The number of carbonyl (C=O) groups excluding carboxylic acids is 2. The van der Waals surface area contributed by atoms with Gasteiger partial charge in [0.25, 0.3) is 5.91 Å². The Bertz CT molecular complexity index is 1190. The van der Waals surface area contributed by atoms with Crippen molar-refractivity contribution >= 4 is 40.4 Å². The van der Waals surface area contributed by atoms with E-state index in [0.29, 0.717) is 32.6 Å². The molecular weight excluding hydrogens is 482 g/mol. The number of amides is 2. The van der Waals surface area contributed by atoms with Crippen molar-refractivity contribution in [3.05, 3.63) is 74.7 Å².